The fourth-order valence-electron chi connectivity index (χ4n) is 2.44. The Bertz CT molecular complexity index is 328. The number of carboxylic acid groups (broad SMARTS) is 1. The first-order valence-electron chi connectivity index (χ1n) is 6.82. The van der Waals surface area contributed by atoms with Crippen LogP contribution >= 0.6 is 0 Å². The average Bonchev–Trinajstić information content (AvgIpc) is 3.19. The molecule has 0 aromatic rings. The number of rotatable bonds is 5. The zero-order valence-corrected chi connectivity index (χ0v) is 10.9. The Labute approximate surface area is 108 Å². The number of piperidine rings is 1. The summed E-state index contributed by atoms with van der Waals surface area (Å²) in [5.74, 6) is -0.0656. The molecule has 5 nitrogen and oxygen atoms in total. The standard InChI is InChI=1S/C13H22N2O3/c1-9(13(17)18)15-6-2-3-11(8-15)12(16)14-7-10-4-5-10/h9-11H,2-8H2,1H3,(H,14,16)(H,17,18)/t9-,11+/m0/s1. The van der Waals surface area contributed by atoms with Gasteiger partial charge in [0, 0.05) is 13.1 Å². The van der Waals surface area contributed by atoms with Gasteiger partial charge in [0.2, 0.25) is 5.91 Å². The van der Waals surface area contributed by atoms with Crippen LogP contribution < -0.4 is 5.32 Å². The van der Waals surface area contributed by atoms with E-state index < -0.39 is 12.0 Å². The smallest absolute Gasteiger partial charge is 0.320 e. The van der Waals surface area contributed by atoms with Crippen molar-refractivity contribution in [3.8, 4) is 0 Å². The fourth-order valence-corrected chi connectivity index (χ4v) is 2.44. The van der Waals surface area contributed by atoms with Gasteiger partial charge in [0.05, 0.1) is 5.92 Å². The van der Waals surface area contributed by atoms with E-state index in [2.05, 4.69) is 5.32 Å². The maximum atomic E-state index is 12.0. The molecule has 2 aliphatic rings. The summed E-state index contributed by atoms with van der Waals surface area (Å²) in [6, 6.07) is -0.496. The molecule has 5 heteroatoms. The number of aliphatic carboxylic acids is 1. The number of nitrogens with one attached hydrogen (secondary N) is 1. The molecule has 0 aromatic carbocycles. The number of carbonyl (C=O) groups excluding carboxylic acids is 1. The van der Waals surface area contributed by atoms with E-state index >= 15 is 0 Å². The van der Waals surface area contributed by atoms with Gasteiger partial charge in [-0.3, -0.25) is 14.5 Å². The van der Waals surface area contributed by atoms with Gasteiger partial charge in [0.1, 0.15) is 6.04 Å². The van der Waals surface area contributed by atoms with Crippen LogP contribution in [0.4, 0.5) is 0 Å². The Kier molecular flexibility index (Phi) is 4.22. The Morgan fingerprint density at radius 3 is 2.72 bits per heavy atom. The van der Waals surface area contributed by atoms with Crippen LogP contribution in [0, 0.1) is 11.8 Å². The first kappa shape index (κ1) is 13.3. The van der Waals surface area contributed by atoms with Gasteiger partial charge in [0.25, 0.3) is 0 Å². The van der Waals surface area contributed by atoms with Crippen LogP contribution in [0.15, 0.2) is 0 Å². The lowest BCUT2D eigenvalue weighted by atomic mass is 9.96. The number of hydrogen-bond acceptors (Lipinski definition) is 3. The largest absolute Gasteiger partial charge is 0.480 e. The molecule has 0 radical (unpaired) electrons. The molecule has 102 valence electrons. The van der Waals surface area contributed by atoms with Crippen LogP contribution in [0.25, 0.3) is 0 Å². The number of carboxylic acids is 1. The molecule has 0 spiro atoms. The lowest BCUT2D eigenvalue weighted by Gasteiger charge is -2.34. The highest BCUT2D eigenvalue weighted by molar-refractivity contribution is 5.79. The predicted octanol–water partition coefficient (Wildman–Crippen LogP) is 0.698. The van der Waals surface area contributed by atoms with Crippen LogP contribution in [-0.4, -0.2) is 47.6 Å². The molecule has 0 bridgehead atoms. The second kappa shape index (κ2) is 5.69. The van der Waals surface area contributed by atoms with Gasteiger partial charge in [-0.25, -0.2) is 0 Å². The van der Waals surface area contributed by atoms with Gasteiger partial charge in [0.15, 0.2) is 0 Å². The quantitative estimate of drug-likeness (QED) is 0.757. The van der Waals surface area contributed by atoms with Crippen molar-refractivity contribution in [1.82, 2.24) is 10.2 Å². The first-order chi connectivity index (χ1) is 8.58. The van der Waals surface area contributed by atoms with Gasteiger partial charge in [-0.15, -0.1) is 0 Å². The molecule has 1 aliphatic carbocycles. The van der Waals surface area contributed by atoms with E-state index in [-0.39, 0.29) is 11.8 Å². The molecule has 2 atom stereocenters. The Hall–Kier alpha value is -1.10. The van der Waals surface area contributed by atoms with Crippen molar-refractivity contribution >= 4 is 11.9 Å². The lowest BCUT2D eigenvalue weighted by Crippen LogP contribution is -2.48. The van der Waals surface area contributed by atoms with Crippen molar-refractivity contribution in [1.29, 1.82) is 0 Å². The molecule has 1 aliphatic heterocycles. The van der Waals surface area contributed by atoms with Crippen molar-refractivity contribution in [2.75, 3.05) is 19.6 Å². The van der Waals surface area contributed by atoms with Gasteiger partial charge in [-0.1, -0.05) is 0 Å². The van der Waals surface area contributed by atoms with Crippen molar-refractivity contribution < 1.29 is 14.7 Å². The minimum absolute atomic E-state index is 0.0423. The van der Waals surface area contributed by atoms with Gasteiger partial charge >= 0.3 is 5.97 Å². The number of carbonyl (C=O) groups is 2. The van der Waals surface area contributed by atoms with Crippen LogP contribution in [0.5, 0.6) is 0 Å². The van der Waals surface area contributed by atoms with E-state index in [1.165, 1.54) is 12.8 Å². The van der Waals surface area contributed by atoms with E-state index in [0.29, 0.717) is 12.5 Å². The molecule has 2 fully saturated rings. The molecule has 18 heavy (non-hydrogen) atoms. The van der Waals surface area contributed by atoms with E-state index in [4.69, 9.17) is 5.11 Å². The third-order valence-corrected chi connectivity index (χ3v) is 3.99. The normalized spacial score (nSPS) is 26.6. The molecule has 1 amide bonds. The zero-order chi connectivity index (χ0) is 13.1. The molecule has 2 N–H and O–H groups in total. The molecule has 1 saturated carbocycles. The minimum atomic E-state index is -0.811. The fraction of sp³-hybridized carbons (Fsp3) is 0.846. The van der Waals surface area contributed by atoms with Crippen LogP contribution in [0.1, 0.15) is 32.6 Å². The minimum Gasteiger partial charge on any atom is -0.480 e. The highest BCUT2D eigenvalue weighted by atomic mass is 16.4. The van der Waals surface area contributed by atoms with Crippen LogP contribution in [0.3, 0.4) is 0 Å². The molecule has 0 unspecified atom stereocenters. The Morgan fingerprint density at radius 2 is 2.11 bits per heavy atom. The monoisotopic (exact) mass is 254 g/mol. The summed E-state index contributed by atoms with van der Waals surface area (Å²) in [7, 11) is 0. The molecular weight excluding hydrogens is 232 g/mol. The molecule has 2 rings (SSSR count). The average molecular weight is 254 g/mol. The maximum absolute atomic E-state index is 12.0. The summed E-state index contributed by atoms with van der Waals surface area (Å²) in [6.07, 6.45) is 4.23. The van der Waals surface area contributed by atoms with Gasteiger partial charge in [-0.05, 0) is 45.1 Å². The number of nitrogens with zero attached hydrogens (tertiary/aromatic N) is 1. The molecular formula is C13H22N2O3. The first-order valence-corrected chi connectivity index (χ1v) is 6.82. The van der Waals surface area contributed by atoms with E-state index in [1.807, 2.05) is 4.90 Å². The summed E-state index contributed by atoms with van der Waals surface area (Å²) in [6.45, 7) is 3.83. The third-order valence-electron chi connectivity index (χ3n) is 3.99. The molecule has 1 heterocycles. The summed E-state index contributed by atoms with van der Waals surface area (Å²) in [4.78, 5) is 24.8. The van der Waals surface area contributed by atoms with Crippen molar-refractivity contribution in [3.63, 3.8) is 0 Å². The highest BCUT2D eigenvalue weighted by Crippen LogP contribution is 2.28. The molecule has 0 aromatic heterocycles. The second-order valence-electron chi connectivity index (χ2n) is 5.54. The summed E-state index contributed by atoms with van der Waals surface area (Å²) in [5.41, 5.74) is 0. The van der Waals surface area contributed by atoms with E-state index in [1.54, 1.807) is 6.92 Å². The van der Waals surface area contributed by atoms with Crippen molar-refractivity contribution in [3.05, 3.63) is 0 Å². The Balaban J connectivity index is 1.81. The highest BCUT2D eigenvalue weighted by Gasteiger charge is 2.31. The van der Waals surface area contributed by atoms with E-state index in [0.717, 1.165) is 25.9 Å². The number of likely N-dealkylation sites (tertiary alicyclic amines) is 1. The summed E-state index contributed by atoms with van der Waals surface area (Å²) in [5, 5.41) is 12.0. The molecule has 1 saturated heterocycles. The SMILES string of the molecule is C[C@@H](C(=O)O)N1CCC[C@@H](C(=O)NCC2CC2)C1. The second-order valence-corrected chi connectivity index (χ2v) is 5.54. The summed E-state index contributed by atoms with van der Waals surface area (Å²) >= 11 is 0. The van der Waals surface area contributed by atoms with Crippen LogP contribution in [0.2, 0.25) is 0 Å². The predicted molar refractivity (Wildman–Crippen MR) is 67.1 cm³/mol. The van der Waals surface area contributed by atoms with Gasteiger partial charge in [-0.2, -0.15) is 0 Å². The van der Waals surface area contributed by atoms with Crippen molar-refractivity contribution in [2.24, 2.45) is 11.8 Å². The zero-order valence-electron chi connectivity index (χ0n) is 10.9. The number of hydrogen-bond donors (Lipinski definition) is 2. The number of amides is 1. The lowest BCUT2D eigenvalue weighted by molar-refractivity contribution is -0.144. The summed E-state index contributed by atoms with van der Waals surface area (Å²) < 4.78 is 0. The maximum Gasteiger partial charge on any atom is 0.320 e. The van der Waals surface area contributed by atoms with Crippen molar-refractivity contribution in [2.45, 2.75) is 38.6 Å². The topological polar surface area (TPSA) is 69.6 Å². The van der Waals surface area contributed by atoms with E-state index in [9.17, 15) is 9.59 Å². The third kappa shape index (κ3) is 3.45. The Morgan fingerprint density at radius 1 is 1.39 bits per heavy atom. The van der Waals surface area contributed by atoms with Crippen LogP contribution in [-0.2, 0) is 9.59 Å². The van der Waals surface area contributed by atoms with Gasteiger partial charge < -0.3 is 10.4 Å².